The lowest BCUT2D eigenvalue weighted by Gasteiger charge is -2.34. The molecule has 1 saturated carbocycles. The van der Waals surface area contributed by atoms with E-state index >= 15 is 0 Å². The average Bonchev–Trinajstić information content (AvgIpc) is 3.62. The lowest BCUT2D eigenvalue weighted by Crippen LogP contribution is -2.45. The van der Waals surface area contributed by atoms with Gasteiger partial charge in [0, 0.05) is 22.2 Å². The number of nitrogens with two attached hydrogens (primary N) is 1. The molecular weight excluding hydrogens is 579 g/mol. The molecule has 1 heterocycles. The average molecular weight is 605 g/mol. The van der Waals surface area contributed by atoms with Gasteiger partial charge in [-0.25, -0.2) is 17.2 Å². The molecule has 0 bridgehead atoms. The number of anilines is 2. The Morgan fingerprint density at radius 2 is 1.91 bits per heavy atom. The molecule has 2 aromatic rings. The number of amides is 1. The molecule has 184 valence electrons. The van der Waals surface area contributed by atoms with Gasteiger partial charge in [0.1, 0.15) is 22.9 Å². The zero-order valence-corrected chi connectivity index (χ0v) is 21.4. The Kier molecular flexibility index (Phi) is 7.63. The van der Waals surface area contributed by atoms with Gasteiger partial charge in [-0.2, -0.15) is 4.31 Å². The maximum atomic E-state index is 14.4. The van der Waals surface area contributed by atoms with Crippen molar-refractivity contribution in [3.8, 4) is 5.75 Å². The van der Waals surface area contributed by atoms with E-state index < -0.39 is 27.6 Å². The predicted molar refractivity (Wildman–Crippen MR) is 134 cm³/mol. The number of sulfonamides is 1. The van der Waals surface area contributed by atoms with Gasteiger partial charge < -0.3 is 15.8 Å². The molecule has 4 rings (SSSR count). The summed E-state index contributed by atoms with van der Waals surface area (Å²) in [5.74, 6) is -2.19. The summed E-state index contributed by atoms with van der Waals surface area (Å²) in [6, 6.07) is 6.34. The van der Waals surface area contributed by atoms with Gasteiger partial charge in [0.25, 0.3) is 5.91 Å². The Hall–Kier alpha value is -1.99. The standard InChI is InChI=1S/C23H26F2IN3O4S/c24-14-11-20(28-19-7-4-15(26)13-18(19)25)22(23(27)30)21(12-14)33-10-8-16-3-1-2-9-29(16)34(31,32)17-5-6-17/h4,7,11-13,16-17,28H,1-3,5-6,8-10H2,(H2,27,30). The summed E-state index contributed by atoms with van der Waals surface area (Å²) in [7, 11) is -3.31. The first kappa shape index (κ1) is 25.1. The van der Waals surface area contributed by atoms with Crippen molar-refractivity contribution in [3.63, 3.8) is 0 Å². The molecule has 1 amide bonds. The number of nitrogens with zero attached hydrogens (tertiary/aromatic N) is 1. The van der Waals surface area contributed by atoms with Gasteiger partial charge in [-0.05, 0) is 79.0 Å². The van der Waals surface area contributed by atoms with Crippen LogP contribution in [0.3, 0.4) is 0 Å². The third-order valence-corrected chi connectivity index (χ3v) is 9.19. The zero-order valence-electron chi connectivity index (χ0n) is 18.4. The van der Waals surface area contributed by atoms with Gasteiger partial charge in [0.2, 0.25) is 10.0 Å². The van der Waals surface area contributed by atoms with E-state index in [9.17, 15) is 22.0 Å². The van der Waals surface area contributed by atoms with Gasteiger partial charge in [-0.15, -0.1) is 0 Å². The number of rotatable bonds is 9. The highest BCUT2D eigenvalue weighted by Crippen LogP contribution is 2.36. The molecule has 2 aliphatic rings. The summed E-state index contributed by atoms with van der Waals surface area (Å²) in [5, 5.41) is 2.45. The summed E-state index contributed by atoms with van der Waals surface area (Å²) in [5.41, 5.74) is 5.49. The van der Waals surface area contributed by atoms with Crippen LogP contribution in [0.2, 0.25) is 0 Å². The molecule has 2 fully saturated rings. The van der Waals surface area contributed by atoms with Crippen molar-refractivity contribution in [2.75, 3.05) is 18.5 Å². The van der Waals surface area contributed by atoms with E-state index in [2.05, 4.69) is 5.32 Å². The predicted octanol–water partition coefficient (Wildman–Crippen LogP) is 4.53. The number of primary amides is 1. The highest BCUT2D eigenvalue weighted by atomic mass is 127. The topological polar surface area (TPSA) is 102 Å². The van der Waals surface area contributed by atoms with Gasteiger partial charge in [0.15, 0.2) is 0 Å². The van der Waals surface area contributed by atoms with E-state index in [0.29, 0.717) is 29.4 Å². The normalized spacial score (nSPS) is 19.1. The van der Waals surface area contributed by atoms with E-state index in [-0.39, 0.29) is 40.6 Å². The Labute approximate surface area is 211 Å². The van der Waals surface area contributed by atoms with Crippen molar-refractivity contribution in [2.24, 2.45) is 5.73 Å². The fraction of sp³-hybridized carbons (Fsp3) is 0.435. The fourth-order valence-electron chi connectivity index (χ4n) is 4.24. The second-order valence-electron chi connectivity index (χ2n) is 8.58. The number of halogens is 3. The molecule has 0 radical (unpaired) electrons. The minimum Gasteiger partial charge on any atom is -0.493 e. The largest absolute Gasteiger partial charge is 0.493 e. The first-order chi connectivity index (χ1) is 16.2. The van der Waals surface area contributed by atoms with Crippen LogP contribution in [0, 0.1) is 15.2 Å². The minimum absolute atomic E-state index is 0.0155. The molecule has 1 unspecified atom stereocenters. The van der Waals surface area contributed by atoms with Crippen LogP contribution in [-0.2, 0) is 10.0 Å². The third kappa shape index (κ3) is 5.62. The van der Waals surface area contributed by atoms with Gasteiger partial charge >= 0.3 is 0 Å². The zero-order chi connectivity index (χ0) is 24.5. The van der Waals surface area contributed by atoms with Crippen molar-refractivity contribution < 1.29 is 26.7 Å². The second-order valence-corrected chi connectivity index (χ2v) is 12.0. The Bertz CT molecular complexity index is 1190. The summed E-state index contributed by atoms with van der Waals surface area (Å²) in [4.78, 5) is 12.2. The molecular formula is C23H26F2IN3O4S. The SMILES string of the molecule is NC(=O)c1c(Nc2ccc(I)cc2F)cc(F)cc1OCCC1CCCCN1S(=O)(=O)C1CC1. The summed E-state index contributed by atoms with van der Waals surface area (Å²) < 4.78 is 62.3. The van der Waals surface area contributed by atoms with Crippen LogP contribution in [0.15, 0.2) is 30.3 Å². The van der Waals surface area contributed by atoms with Crippen LogP contribution >= 0.6 is 22.6 Å². The Balaban J connectivity index is 1.51. The molecule has 0 aromatic heterocycles. The molecule has 1 atom stereocenters. The number of benzene rings is 2. The molecule has 1 aliphatic carbocycles. The van der Waals surface area contributed by atoms with Crippen molar-refractivity contribution in [2.45, 2.75) is 49.8 Å². The number of piperidine rings is 1. The number of hydrogen-bond acceptors (Lipinski definition) is 5. The van der Waals surface area contributed by atoms with E-state index in [4.69, 9.17) is 10.5 Å². The van der Waals surface area contributed by atoms with Crippen molar-refractivity contribution in [1.82, 2.24) is 4.31 Å². The Morgan fingerprint density at radius 1 is 1.15 bits per heavy atom. The van der Waals surface area contributed by atoms with E-state index in [1.54, 1.807) is 10.4 Å². The van der Waals surface area contributed by atoms with E-state index in [0.717, 1.165) is 31.4 Å². The molecule has 0 spiro atoms. The van der Waals surface area contributed by atoms with Crippen LogP contribution in [0.5, 0.6) is 5.75 Å². The number of carbonyl (C=O) groups is 1. The van der Waals surface area contributed by atoms with Crippen molar-refractivity contribution >= 4 is 49.9 Å². The van der Waals surface area contributed by atoms with Crippen LogP contribution in [-0.4, -0.2) is 43.1 Å². The lowest BCUT2D eigenvalue weighted by molar-refractivity contribution is 0.0996. The smallest absolute Gasteiger partial charge is 0.254 e. The minimum atomic E-state index is -3.31. The Morgan fingerprint density at radius 3 is 2.59 bits per heavy atom. The summed E-state index contributed by atoms with van der Waals surface area (Å²) >= 11 is 1.96. The lowest BCUT2D eigenvalue weighted by atomic mass is 10.0. The van der Waals surface area contributed by atoms with Crippen LogP contribution in [0.4, 0.5) is 20.2 Å². The van der Waals surface area contributed by atoms with Crippen LogP contribution < -0.4 is 15.8 Å². The van der Waals surface area contributed by atoms with Crippen molar-refractivity contribution in [1.29, 1.82) is 0 Å². The first-order valence-electron chi connectivity index (χ1n) is 11.2. The molecule has 34 heavy (non-hydrogen) atoms. The molecule has 1 saturated heterocycles. The number of carbonyl (C=O) groups excluding carboxylic acids is 1. The molecule has 3 N–H and O–H groups in total. The van der Waals surface area contributed by atoms with E-state index in [1.165, 1.54) is 12.1 Å². The highest BCUT2D eigenvalue weighted by Gasteiger charge is 2.43. The third-order valence-electron chi connectivity index (χ3n) is 6.07. The molecule has 11 heteroatoms. The molecule has 1 aliphatic heterocycles. The number of ether oxygens (including phenoxy) is 1. The van der Waals surface area contributed by atoms with Gasteiger partial charge in [-0.3, -0.25) is 4.79 Å². The quantitative estimate of drug-likeness (QED) is 0.410. The first-order valence-corrected chi connectivity index (χ1v) is 13.7. The number of hydrogen-bond donors (Lipinski definition) is 2. The van der Waals surface area contributed by atoms with Crippen molar-refractivity contribution in [3.05, 3.63) is 51.1 Å². The highest BCUT2D eigenvalue weighted by molar-refractivity contribution is 14.1. The summed E-state index contributed by atoms with van der Waals surface area (Å²) in [6.45, 7) is 0.564. The molecule has 2 aromatic carbocycles. The maximum absolute atomic E-state index is 14.4. The van der Waals surface area contributed by atoms with Crippen LogP contribution in [0.1, 0.15) is 48.9 Å². The van der Waals surface area contributed by atoms with Gasteiger partial charge in [-0.1, -0.05) is 6.42 Å². The summed E-state index contributed by atoms with van der Waals surface area (Å²) in [6.07, 6.45) is 4.26. The van der Waals surface area contributed by atoms with Gasteiger partial charge in [0.05, 0.1) is 23.2 Å². The number of nitrogens with one attached hydrogen (secondary N) is 1. The second kappa shape index (κ2) is 10.3. The molecule has 7 nitrogen and oxygen atoms in total. The monoisotopic (exact) mass is 605 g/mol. The van der Waals surface area contributed by atoms with Crippen LogP contribution in [0.25, 0.3) is 0 Å². The van der Waals surface area contributed by atoms with E-state index in [1.807, 2.05) is 22.6 Å². The fourth-order valence-corrected chi connectivity index (χ4v) is 6.82. The maximum Gasteiger partial charge on any atom is 0.254 e.